The highest BCUT2D eigenvalue weighted by atomic mass is 127. The normalized spacial score (nSPS) is 16.9. The molecule has 0 bridgehead atoms. The molecule has 6 heteroatoms. The fourth-order valence-electron chi connectivity index (χ4n) is 3.21. The Balaban J connectivity index is 1.86. The zero-order chi connectivity index (χ0) is 18.2. The molecule has 1 aromatic carbocycles. The van der Waals surface area contributed by atoms with Gasteiger partial charge in [-0.3, -0.25) is 9.59 Å². The van der Waals surface area contributed by atoms with Crippen LogP contribution in [0, 0.1) is 0 Å². The van der Waals surface area contributed by atoms with Crippen molar-refractivity contribution in [1.29, 1.82) is 0 Å². The van der Waals surface area contributed by atoms with Crippen molar-refractivity contribution in [2.45, 2.75) is 55.9 Å². The molecule has 1 aromatic rings. The third-order valence-electron chi connectivity index (χ3n) is 4.63. The van der Waals surface area contributed by atoms with E-state index >= 15 is 0 Å². The highest BCUT2D eigenvalue weighted by Crippen LogP contribution is 2.20. The summed E-state index contributed by atoms with van der Waals surface area (Å²) in [5, 5.41) is 3.75. The van der Waals surface area contributed by atoms with Crippen LogP contribution in [-0.2, 0) is 20.4 Å². The number of carbonyl (C=O) groups is 2. The van der Waals surface area contributed by atoms with E-state index in [-0.39, 0.29) is 17.9 Å². The number of nitrogens with zero attached hydrogens (tertiary/aromatic N) is 1. The lowest BCUT2D eigenvalue weighted by Crippen LogP contribution is -2.46. The van der Waals surface area contributed by atoms with Gasteiger partial charge in [0.2, 0.25) is 11.8 Å². The molecule has 0 aromatic heterocycles. The fraction of sp³-hybridized carbons (Fsp3) is 0.579. The number of alkyl halides is 1. The highest BCUT2D eigenvalue weighted by Gasteiger charge is 2.33. The average molecular weight is 477 g/mol. The van der Waals surface area contributed by atoms with Crippen LogP contribution in [0.5, 0.6) is 0 Å². The average Bonchev–Trinajstić information content (AvgIpc) is 3.10. The van der Waals surface area contributed by atoms with Crippen molar-refractivity contribution in [1.82, 2.24) is 10.2 Å². The second-order valence-electron chi connectivity index (χ2n) is 6.44. The molecule has 0 spiro atoms. The largest absolute Gasteiger partial charge is 0.354 e. The number of carbonyl (C=O) groups excluding carboxylic acids is 2. The first-order valence-corrected chi connectivity index (χ1v) is 10.9. The lowest BCUT2D eigenvalue weighted by molar-refractivity contribution is -0.138. The third kappa shape index (κ3) is 5.84. The van der Waals surface area contributed by atoms with E-state index in [2.05, 4.69) is 34.8 Å². The minimum Gasteiger partial charge on any atom is -0.354 e. The van der Waals surface area contributed by atoms with Crippen molar-refractivity contribution in [3.63, 3.8) is 0 Å². The zero-order valence-corrected chi connectivity index (χ0v) is 17.6. The van der Waals surface area contributed by atoms with Crippen LogP contribution in [0.15, 0.2) is 18.2 Å². The molecule has 1 aliphatic rings. The van der Waals surface area contributed by atoms with Crippen LogP contribution < -0.4 is 5.32 Å². The van der Waals surface area contributed by atoms with Crippen molar-refractivity contribution in [2.24, 2.45) is 0 Å². The standard InChI is InChI=1S/C19H26ClIN2O2/c1-2-3-6-18(24)23-11-4-5-17(23)19(25)22-10-9-14-7-8-16(20)12-15(14)13-21/h7-8,12,17H,2-6,9-11,13H2,1H3,(H,22,25). The maximum atomic E-state index is 12.5. The molecule has 0 radical (unpaired) electrons. The molecule has 25 heavy (non-hydrogen) atoms. The summed E-state index contributed by atoms with van der Waals surface area (Å²) in [4.78, 5) is 26.5. The molecule has 138 valence electrons. The summed E-state index contributed by atoms with van der Waals surface area (Å²) < 4.78 is 0.893. The van der Waals surface area contributed by atoms with E-state index in [1.807, 2.05) is 18.2 Å². The van der Waals surface area contributed by atoms with Gasteiger partial charge < -0.3 is 10.2 Å². The molecular weight excluding hydrogens is 451 g/mol. The van der Waals surface area contributed by atoms with Crippen LogP contribution >= 0.6 is 34.2 Å². The number of amides is 2. The molecule has 2 rings (SSSR count). The summed E-state index contributed by atoms with van der Waals surface area (Å²) in [5.74, 6) is 0.0942. The molecule has 1 heterocycles. The van der Waals surface area contributed by atoms with Crippen molar-refractivity contribution in [2.75, 3.05) is 13.1 Å². The number of likely N-dealkylation sites (tertiary alicyclic amines) is 1. The molecule has 4 nitrogen and oxygen atoms in total. The lowest BCUT2D eigenvalue weighted by Gasteiger charge is -2.24. The first kappa shape index (κ1) is 20.5. The topological polar surface area (TPSA) is 49.4 Å². The fourth-order valence-corrected chi connectivity index (χ4v) is 4.12. The van der Waals surface area contributed by atoms with Gasteiger partial charge in [0.15, 0.2) is 0 Å². The van der Waals surface area contributed by atoms with E-state index in [1.165, 1.54) is 11.1 Å². The van der Waals surface area contributed by atoms with Gasteiger partial charge in [0.1, 0.15) is 6.04 Å². The Bertz CT molecular complexity index is 609. The molecule has 1 N–H and O–H groups in total. The van der Waals surface area contributed by atoms with Crippen molar-refractivity contribution < 1.29 is 9.59 Å². The SMILES string of the molecule is CCCCC(=O)N1CCCC1C(=O)NCCc1ccc(Cl)cc1CI. The molecule has 1 atom stereocenters. The Kier molecular flexibility index (Phi) is 8.49. The van der Waals surface area contributed by atoms with Crippen LogP contribution in [0.25, 0.3) is 0 Å². The van der Waals surface area contributed by atoms with E-state index in [9.17, 15) is 9.59 Å². The summed E-state index contributed by atoms with van der Waals surface area (Å²) in [6, 6.07) is 5.60. The van der Waals surface area contributed by atoms with Crippen molar-refractivity contribution >= 4 is 46.0 Å². The first-order chi connectivity index (χ1) is 12.1. The van der Waals surface area contributed by atoms with Gasteiger partial charge in [-0.05, 0) is 48.9 Å². The Morgan fingerprint density at radius 2 is 2.16 bits per heavy atom. The van der Waals surface area contributed by atoms with E-state index in [0.717, 1.165) is 41.6 Å². The molecule has 0 aliphatic carbocycles. The van der Waals surface area contributed by atoms with E-state index in [0.29, 0.717) is 19.5 Å². The molecule has 1 aliphatic heterocycles. The summed E-state index contributed by atoms with van der Waals surface area (Å²) in [6.07, 6.45) is 4.88. The molecule has 2 amide bonds. The van der Waals surface area contributed by atoms with Crippen LogP contribution in [-0.4, -0.2) is 35.8 Å². The number of benzene rings is 1. The number of hydrogen-bond acceptors (Lipinski definition) is 2. The van der Waals surface area contributed by atoms with Gasteiger partial charge in [0.25, 0.3) is 0 Å². The lowest BCUT2D eigenvalue weighted by atomic mass is 10.1. The van der Waals surface area contributed by atoms with Gasteiger partial charge in [0, 0.05) is 29.0 Å². The van der Waals surface area contributed by atoms with E-state index in [4.69, 9.17) is 11.6 Å². The predicted octanol–water partition coefficient (Wildman–Crippen LogP) is 4.11. The number of rotatable bonds is 8. The predicted molar refractivity (Wildman–Crippen MR) is 110 cm³/mol. The quantitative estimate of drug-likeness (QED) is 0.453. The number of halogens is 2. The molecule has 0 saturated carbocycles. The Morgan fingerprint density at radius 3 is 2.88 bits per heavy atom. The maximum Gasteiger partial charge on any atom is 0.242 e. The number of unbranched alkanes of at least 4 members (excludes halogenated alkanes) is 1. The van der Waals surface area contributed by atoms with E-state index < -0.39 is 0 Å². The Morgan fingerprint density at radius 1 is 1.36 bits per heavy atom. The summed E-state index contributed by atoms with van der Waals surface area (Å²) in [5.41, 5.74) is 2.42. The maximum absolute atomic E-state index is 12.5. The van der Waals surface area contributed by atoms with Crippen LogP contribution in [0.2, 0.25) is 5.02 Å². The smallest absolute Gasteiger partial charge is 0.242 e. The summed E-state index contributed by atoms with van der Waals surface area (Å²) in [6.45, 7) is 3.36. The summed E-state index contributed by atoms with van der Waals surface area (Å²) >= 11 is 8.36. The van der Waals surface area contributed by atoms with Gasteiger partial charge >= 0.3 is 0 Å². The van der Waals surface area contributed by atoms with Crippen LogP contribution in [0.4, 0.5) is 0 Å². The molecule has 1 fully saturated rings. The highest BCUT2D eigenvalue weighted by molar-refractivity contribution is 14.1. The monoisotopic (exact) mass is 476 g/mol. The van der Waals surface area contributed by atoms with Gasteiger partial charge in [-0.15, -0.1) is 0 Å². The minimum atomic E-state index is -0.293. The third-order valence-corrected chi connectivity index (χ3v) is 5.68. The van der Waals surface area contributed by atoms with Gasteiger partial charge in [-0.1, -0.05) is 53.6 Å². The zero-order valence-electron chi connectivity index (χ0n) is 14.7. The van der Waals surface area contributed by atoms with E-state index in [1.54, 1.807) is 4.90 Å². The van der Waals surface area contributed by atoms with Gasteiger partial charge in [-0.25, -0.2) is 0 Å². The van der Waals surface area contributed by atoms with Crippen molar-refractivity contribution in [3.8, 4) is 0 Å². The summed E-state index contributed by atoms with van der Waals surface area (Å²) in [7, 11) is 0. The second-order valence-corrected chi connectivity index (χ2v) is 7.64. The van der Waals surface area contributed by atoms with Crippen LogP contribution in [0.1, 0.15) is 50.2 Å². The second kappa shape index (κ2) is 10.4. The number of nitrogens with one attached hydrogen (secondary N) is 1. The van der Waals surface area contributed by atoms with Crippen LogP contribution in [0.3, 0.4) is 0 Å². The van der Waals surface area contributed by atoms with Gasteiger partial charge in [0.05, 0.1) is 0 Å². The molecule has 1 saturated heterocycles. The van der Waals surface area contributed by atoms with Gasteiger partial charge in [-0.2, -0.15) is 0 Å². The minimum absolute atomic E-state index is 0.0210. The molecule has 1 unspecified atom stereocenters. The molecular formula is C19H26ClIN2O2. The Hall–Kier alpha value is -0.820. The first-order valence-electron chi connectivity index (χ1n) is 8.97. The Labute approximate surface area is 168 Å². The van der Waals surface area contributed by atoms with Crippen molar-refractivity contribution in [3.05, 3.63) is 34.3 Å². The number of hydrogen-bond donors (Lipinski definition) is 1.